The van der Waals surface area contributed by atoms with E-state index in [1.807, 2.05) is 29.2 Å². The lowest BCUT2D eigenvalue weighted by Gasteiger charge is -2.29. The molecule has 1 aromatic carbocycles. The zero-order valence-electron chi connectivity index (χ0n) is 12.5. The Balaban J connectivity index is 1.66. The number of methoxy groups -OCH3 is 1. The fourth-order valence-electron chi connectivity index (χ4n) is 3.40. The predicted octanol–water partition coefficient (Wildman–Crippen LogP) is 2.44. The van der Waals surface area contributed by atoms with Gasteiger partial charge in [0.25, 0.3) is 0 Å². The van der Waals surface area contributed by atoms with Crippen LogP contribution in [-0.2, 0) is 0 Å². The summed E-state index contributed by atoms with van der Waals surface area (Å²) in [4.78, 5) is 14.5. The zero-order chi connectivity index (χ0) is 14.7. The van der Waals surface area contributed by atoms with Crippen LogP contribution >= 0.6 is 0 Å². The first kappa shape index (κ1) is 14.2. The number of hydrogen-bond donors (Lipinski definition) is 2. The molecule has 5 heteroatoms. The fraction of sp³-hybridized carbons (Fsp3) is 0.562. The summed E-state index contributed by atoms with van der Waals surface area (Å²) in [5.41, 5.74) is 0.782. The summed E-state index contributed by atoms with van der Waals surface area (Å²) in [5, 5.41) is 6.52. The summed E-state index contributed by atoms with van der Waals surface area (Å²) in [6.45, 7) is 1.92. The molecule has 3 rings (SSSR count). The molecule has 5 nitrogen and oxygen atoms in total. The lowest BCUT2D eigenvalue weighted by Crippen LogP contribution is -2.48. The van der Waals surface area contributed by atoms with E-state index in [-0.39, 0.29) is 6.03 Å². The number of nitrogens with zero attached hydrogens (tertiary/aromatic N) is 1. The van der Waals surface area contributed by atoms with Gasteiger partial charge in [-0.15, -0.1) is 0 Å². The Hall–Kier alpha value is -1.75. The third kappa shape index (κ3) is 3.13. The van der Waals surface area contributed by atoms with Gasteiger partial charge in [-0.25, -0.2) is 4.79 Å². The fourth-order valence-corrected chi connectivity index (χ4v) is 3.40. The molecule has 2 N–H and O–H groups in total. The lowest BCUT2D eigenvalue weighted by molar-refractivity contribution is 0.195. The van der Waals surface area contributed by atoms with Crippen LogP contribution in [0.5, 0.6) is 5.75 Å². The molecule has 2 heterocycles. The number of likely N-dealkylation sites (tertiary alicyclic amines) is 1. The van der Waals surface area contributed by atoms with Crippen molar-refractivity contribution < 1.29 is 9.53 Å². The molecule has 2 atom stereocenters. The molecular formula is C16H23N3O2. The Morgan fingerprint density at radius 2 is 2.29 bits per heavy atom. The largest absolute Gasteiger partial charge is 0.497 e. The molecule has 1 aromatic rings. The van der Waals surface area contributed by atoms with Crippen molar-refractivity contribution in [3.05, 3.63) is 24.3 Å². The first-order chi connectivity index (χ1) is 10.3. The Kier molecular flexibility index (Phi) is 4.29. The number of carbonyl (C=O) groups is 1. The minimum Gasteiger partial charge on any atom is -0.497 e. The quantitative estimate of drug-likeness (QED) is 0.898. The molecule has 2 amide bonds. The summed E-state index contributed by atoms with van der Waals surface area (Å²) >= 11 is 0. The highest BCUT2D eigenvalue weighted by Gasteiger charge is 2.35. The smallest absolute Gasteiger partial charge is 0.322 e. The summed E-state index contributed by atoms with van der Waals surface area (Å²) in [7, 11) is 1.63. The minimum atomic E-state index is -0.000506. The summed E-state index contributed by atoms with van der Waals surface area (Å²) < 4.78 is 5.19. The van der Waals surface area contributed by atoms with Crippen LogP contribution in [0.1, 0.15) is 25.7 Å². The van der Waals surface area contributed by atoms with Gasteiger partial charge in [0.1, 0.15) is 5.75 Å². The second kappa shape index (κ2) is 6.35. The van der Waals surface area contributed by atoms with Crippen LogP contribution in [0.3, 0.4) is 0 Å². The number of nitrogens with one attached hydrogen (secondary N) is 2. The molecule has 114 valence electrons. The molecule has 0 radical (unpaired) electrons. The Morgan fingerprint density at radius 1 is 1.38 bits per heavy atom. The Morgan fingerprint density at radius 3 is 3.05 bits per heavy atom. The van der Waals surface area contributed by atoms with Gasteiger partial charge in [-0.3, -0.25) is 0 Å². The molecule has 0 spiro atoms. The van der Waals surface area contributed by atoms with Crippen LogP contribution in [0, 0.1) is 0 Å². The molecule has 0 aliphatic carbocycles. The van der Waals surface area contributed by atoms with Crippen LogP contribution in [-0.4, -0.2) is 43.2 Å². The SMILES string of the molecule is COc1cccc(NC(=O)N2CCCC2C2CCCN2)c1. The van der Waals surface area contributed by atoms with Crippen LogP contribution in [0.2, 0.25) is 0 Å². The molecule has 0 saturated carbocycles. The highest BCUT2D eigenvalue weighted by molar-refractivity contribution is 5.90. The van der Waals surface area contributed by atoms with Crippen molar-refractivity contribution in [1.82, 2.24) is 10.2 Å². The summed E-state index contributed by atoms with van der Waals surface area (Å²) in [6, 6.07) is 8.28. The van der Waals surface area contributed by atoms with E-state index in [9.17, 15) is 4.79 Å². The molecular weight excluding hydrogens is 266 g/mol. The van der Waals surface area contributed by atoms with E-state index in [4.69, 9.17) is 4.74 Å². The monoisotopic (exact) mass is 289 g/mol. The van der Waals surface area contributed by atoms with E-state index in [0.717, 1.165) is 37.4 Å². The third-order valence-corrected chi connectivity index (χ3v) is 4.44. The third-order valence-electron chi connectivity index (χ3n) is 4.44. The van der Waals surface area contributed by atoms with E-state index in [0.29, 0.717) is 12.1 Å². The van der Waals surface area contributed by atoms with Gasteiger partial charge in [0.05, 0.1) is 7.11 Å². The van der Waals surface area contributed by atoms with Gasteiger partial charge in [0, 0.05) is 30.4 Å². The van der Waals surface area contributed by atoms with Crippen LogP contribution in [0.25, 0.3) is 0 Å². The van der Waals surface area contributed by atoms with Gasteiger partial charge in [0.15, 0.2) is 0 Å². The van der Waals surface area contributed by atoms with Crippen molar-refractivity contribution >= 4 is 11.7 Å². The summed E-state index contributed by atoms with van der Waals surface area (Å²) in [6.07, 6.45) is 4.58. The van der Waals surface area contributed by atoms with Crippen molar-refractivity contribution in [1.29, 1.82) is 0 Å². The van der Waals surface area contributed by atoms with E-state index in [1.165, 1.54) is 12.8 Å². The topological polar surface area (TPSA) is 53.6 Å². The first-order valence-corrected chi connectivity index (χ1v) is 7.73. The minimum absolute atomic E-state index is 0.000506. The number of ether oxygens (including phenoxy) is 1. The molecule has 2 unspecified atom stereocenters. The van der Waals surface area contributed by atoms with Crippen molar-refractivity contribution in [2.45, 2.75) is 37.8 Å². The van der Waals surface area contributed by atoms with Gasteiger partial charge >= 0.3 is 6.03 Å². The van der Waals surface area contributed by atoms with Gasteiger partial charge < -0.3 is 20.3 Å². The highest BCUT2D eigenvalue weighted by Crippen LogP contribution is 2.26. The van der Waals surface area contributed by atoms with Crippen LogP contribution < -0.4 is 15.4 Å². The van der Waals surface area contributed by atoms with Gasteiger partial charge in [-0.05, 0) is 44.4 Å². The van der Waals surface area contributed by atoms with E-state index in [1.54, 1.807) is 7.11 Å². The van der Waals surface area contributed by atoms with Gasteiger partial charge in [-0.1, -0.05) is 6.07 Å². The number of rotatable bonds is 3. The maximum absolute atomic E-state index is 12.5. The molecule has 0 aromatic heterocycles. The zero-order valence-corrected chi connectivity index (χ0v) is 12.5. The average molecular weight is 289 g/mol. The molecule has 2 aliphatic heterocycles. The Bertz CT molecular complexity index is 500. The maximum atomic E-state index is 12.5. The summed E-state index contributed by atoms with van der Waals surface area (Å²) in [5.74, 6) is 0.753. The van der Waals surface area contributed by atoms with Crippen molar-refractivity contribution in [2.24, 2.45) is 0 Å². The standard InChI is InChI=1S/C16H23N3O2/c1-21-13-6-2-5-12(11-13)18-16(20)19-10-4-8-15(19)14-7-3-9-17-14/h2,5-6,11,14-15,17H,3-4,7-10H2,1H3,(H,18,20). The van der Waals surface area contributed by atoms with Crippen LogP contribution in [0.15, 0.2) is 24.3 Å². The maximum Gasteiger partial charge on any atom is 0.322 e. The predicted molar refractivity (Wildman–Crippen MR) is 82.8 cm³/mol. The lowest BCUT2D eigenvalue weighted by atomic mass is 10.0. The highest BCUT2D eigenvalue weighted by atomic mass is 16.5. The molecule has 21 heavy (non-hydrogen) atoms. The number of benzene rings is 1. The number of hydrogen-bond acceptors (Lipinski definition) is 3. The molecule has 0 bridgehead atoms. The van der Waals surface area contributed by atoms with E-state index in [2.05, 4.69) is 10.6 Å². The van der Waals surface area contributed by atoms with Gasteiger partial charge in [-0.2, -0.15) is 0 Å². The molecule has 2 fully saturated rings. The van der Waals surface area contributed by atoms with Crippen LogP contribution in [0.4, 0.5) is 10.5 Å². The van der Waals surface area contributed by atoms with Crippen molar-refractivity contribution in [3.63, 3.8) is 0 Å². The number of urea groups is 1. The molecule has 2 aliphatic rings. The Labute approximate surface area is 125 Å². The first-order valence-electron chi connectivity index (χ1n) is 7.73. The van der Waals surface area contributed by atoms with Gasteiger partial charge in [0.2, 0.25) is 0 Å². The second-order valence-electron chi connectivity index (χ2n) is 5.77. The van der Waals surface area contributed by atoms with E-state index >= 15 is 0 Å². The average Bonchev–Trinajstić information content (AvgIpc) is 3.18. The normalized spacial score (nSPS) is 25.1. The second-order valence-corrected chi connectivity index (χ2v) is 5.77. The number of carbonyl (C=O) groups excluding carboxylic acids is 1. The van der Waals surface area contributed by atoms with E-state index < -0.39 is 0 Å². The number of amides is 2. The van der Waals surface area contributed by atoms with Crippen molar-refractivity contribution in [3.8, 4) is 5.75 Å². The van der Waals surface area contributed by atoms with Crippen molar-refractivity contribution in [2.75, 3.05) is 25.5 Å². The number of anilines is 1. The molecule has 2 saturated heterocycles.